The first kappa shape index (κ1) is 17.0. The number of rotatable bonds is 4. The van der Waals surface area contributed by atoms with Crippen LogP contribution in [0.3, 0.4) is 0 Å². The molecule has 1 aromatic rings. The van der Waals surface area contributed by atoms with Crippen LogP contribution in [0.5, 0.6) is 0 Å². The zero-order valence-electron chi connectivity index (χ0n) is 13.2. The number of carbonyl (C=O) groups is 2. The van der Waals surface area contributed by atoms with E-state index in [1.807, 2.05) is 0 Å². The largest absolute Gasteiger partial charge is 0.480 e. The normalized spacial score (nSPS) is 13.6. The summed E-state index contributed by atoms with van der Waals surface area (Å²) in [6.07, 6.45) is 0. The predicted octanol–water partition coefficient (Wildman–Crippen LogP) is 2.16. The average Bonchev–Trinajstić information content (AvgIpc) is 2.34. The second-order valence-corrected chi connectivity index (χ2v) is 6.86. The molecular formula is C16H24N2O3. The van der Waals surface area contributed by atoms with Gasteiger partial charge in [-0.1, -0.05) is 32.9 Å². The molecule has 0 aliphatic heterocycles. The van der Waals surface area contributed by atoms with E-state index in [2.05, 4.69) is 5.32 Å². The number of aliphatic carboxylic acids is 1. The van der Waals surface area contributed by atoms with E-state index >= 15 is 0 Å². The highest BCUT2D eigenvalue weighted by Gasteiger charge is 2.37. The van der Waals surface area contributed by atoms with Gasteiger partial charge in [-0.3, -0.25) is 4.79 Å². The number of nitrogens with one attached hydrogen (secondary N) is 1. The molecule has 4 N–H and O–H groups in total. The zero-order chi connectivity index (χ0) is 16.4. The molecule has 0 saturated heterocycles. The molecule has 0 aliphatic rings. The summed E-state index contributed by atoms with van der Waals surface area (Å²) in [6.45, 7) is 8.86. The maximum absolute atomic E-state index is 12.5. The van der Waals surface area contributed by atoms with Crippen molar-refractivity contribution in [2.45, 2.75) is 46.1 Å². The predicted molar refractivity (Wildman–Crippen MR) is 82.9 cm³/mol. The molecule has 0 saturated carbocycles. The number of benzene rings is 1. The van der Waals surface area contributed by atoms with Crippen molar-refractivity contribution in [2.75, 3.05) is 5.73 Å². The molecule has 0 fully saturated rings. The smallest absolute Gasteiger partial charge is 0.326 e. The van der Waals surface area contributed by atoms with Crippen LogP contribution in [0, 0.1) is 5.41 Å². The number of carboxylic acids is 1. The van der Waals surface area contributed by atoms with Crippen molar-refractivity contribution in [1.82, 2.24) is 5.32 Å². The van der Waals surface area contributed by atoms with Crippen molar-refractivity contribution in [1.29, 1.82) is 0 Å². The van der Waals surface area contributed by atoms with Gasteiger partial charge >= 0.3 is 5.97 Å². The van der Waals surface area contributed by atoms with E-state index in [-0.39, 0.29) is 5.91 Å². The molecule has 1 amide bonds. The summed E-state index contributed by atoms with van der Waals surface area (Å²) in [7, 11) is 0. The minimum absolute atomic E-state index is 0.324. The molecule has 0 unspecified atom stereocenters. The molecule has 5 nitrogen and oxygen atoms in total. The Morgan fingerprint density at radius 2 is 1.57 bits per heavy atom. The van der Waals surface area contributed by atoms with Crippen molar-refractivity contribution in [3.05, 3.63) is 29.8 Å². The van der Waals surface area contributed by atoms with Crippen LogP contribution in [0.2, 0.25) is 0 Å². The van der Waals surface area contributed by atoms with Gasteiger partial charge in [0, 0.05) is 5.69 Å². The summed E-state index contributed by atoms with van der Waals surface area (Å²) in [5, 5.41) is 11.9. The molecule has 0 heterocycles. The van der Waals surface area contributed by atoms with Crippen molar-refractivity contribution in [2.24, 2.45) is 5.41 Å². The molecule has 1 aromatic carbocycles. The standard InChI is InChI=1S/C16H24N2O3/c1-15(2,3)12(13(19)20)18-14(21)16(4,5)10-6-8-11(17)9-7-10/h6-9,12H,17H2,1-5H3,(H,18,21)(H,19,20)/t12-/m1/s1. The fourth-order valence-corrected chi connectivity index (χ4v) is 1.99. The van der Waals surface area contributed by atoms with Gasteiger partial charge in [0.15, 0.2) is 0 Å². The Morgan fingerprint density at radius 1 is 1.10 bits per heavy atom. The van der Waals surface area contributed by atoms with Crippen LogP contribution in [0.15, 0.2) is 24.3 Å². The maximum Gasteiger partial charge on any atom is 0.326 e. The Labute approximate surface area is 125 Å². The number of carbonyl (C=O) groups excluding carboxylic acids is 1. The summed E-state index contributed by atoms with van der Waals surface area (Å²) in [5.41, 5.74) is 5.64. The van der Waals surface area contributed by atoms with E-state index in [1.54, 1.807) is 58.9 Å². The lowest BCUT2D eigenvalue weighted by molar-refractivity contribution is -0.145. The zero-order valence-corrected chi connectivity index (χ0v) is 13.2. The highest BCUT2D eigenvalue weighted by molar-refractivity contribution is 5.91. The Bertz CT molecular complexity index is 527. The molecule has 1 atom stereocenters. The second-order valence-electron chi connectivity index (χ2n) is 6.86. The van der Waals surface area contributed by atoms with Crippen LogP contribution < -0.4 is 11.1 Å². The number of hydrogen-bond acceptors (Lipinski definition) is 3. The topological polar surface area (TPSA) is 92.4 Å². The molecule has 0 aromatic heterocycles. The van der Waals surface area contributed by atoms with Gasteiger partial charge in [-0.15, -0.1) is 0 Å². The highest BCUT2D eigenvalue weighted by atomic mass is 16.4. The van der Waals surface area contributed by atoms with Crippen molar-refractivity contribution in [3.63, 3.8) is 0 Å². The van der Waals surface area contributed by atoms with Crippen LogP contribution in [-0.4, -0.2) is 23.0 Å². The molecule has 0 spiro atoms. The number of nitrogen functional groups attached to an aromatic ring is 1. The number of nitrogens with two attached hydrogens (primary N) is 1. The van der Waals surface area contributed by atoms with E-state index < -0.39 is 22.8 Å². The molecule has 116 valence electrons. The lowest BCUT2D eigenvalue weighted by Crippen LogP contribution is -2.53. The van der Waals surface area contributed by atoms with Crippen molar-refractivity contribution >= 4 is 17.6 Å². The summed E-state index contributed by atoms with van der Waals surface area (Å²) >= 11 is 0. The molecule has 21 heavy (non-hydrogen) atoms. The van der Waals surface area contributed by atoms with Crippen LogP contribution in [-0.2, 0) is 15.0 Å². The Balaban J connectivity index is 3.00. The van der Waals surface area contributed by atoms with Gasteiger partial charge in [0.2, 0.25) is 5.91 Å². The van der Waals surface area contributed by atoms with Gasteiger partial charge in [-0.2, -0.15) is 0 Å². The Morgan fingerprint density at radius 3 is 1.95 bits per heavy atom. The van der Waals surface area contributed by atoms with Crippen molar-refractivity contribution < 1.29 is 14.7 Å². The van der Waals surface area contributed by atoms with Gasteiger partial charge in [0.1, 0.15) is 6.04 Å². The third kappa shape index (κ3) is 3.97. The van der Waals surface area contributed by atoms with Gasteiger partial charge in [-0.05, 0) is 37.0 Å². The summed E-state index contributed by atoms with van der Waals surface area (Å²) in [4.78, 5) is 23.9. The average molecular weight is 292 g/mol. The molecule has 0 bridgehead atoms. The number of carboxylic acid groups (broad SMARTS) is 1. The van der Waals surface area contributed by atoms with Crippen LogP contribution in [0.1, 0.15) is 40.2 Å². The monoisotopic (exact) mass is 292 g/mol. The van der Waals surface area contributed by atoms with E-state index in [9.17, 15) is 14.7 Å². The molecule has 1 rings (SSSR count). The van der Waals surface area contributed by atoms with Crippen LogP contribution in [0.4, 0.5) is 5.69 Å². The second kappa shape index (κ2) is 5.76. The van der Waals surface area contributed by atoms with Crippen LogP contribution >= 0.6 is 0 Å². The lowest BCUT2D eigenvalue weighted by Gasteiger charge is -2.32. The van der Waals surface area contributed by atoms with E-state index in [0.29, 0.717) is 5.69 Å². The molecule has 0 radical (unpaired) electrons. The van der Waals surface area contributed by atoms with Gasteiger partial charge < -0.3 is 16.2 Å². The minimum atomic E-state index is -1.04. The molecule has 0 aliphatic carbocycles. The number of amides is 1. The van der Waals surface area contributed by atoms with Gasteiger partial charge in [-0.25, -0.2) is 4.79 Å². The van der Waals surface area contributed by atoms with Crippen LogP contribution in [0.25, 0.3) is 0 Å². The summed E-state index contributed by atoms with van der Waals surface area (Å²) < 4.78 is 0. The molecule has 5 heteroatoms. The SMILES string of the molecule is CC(C)(C(=O)N[C@H](C(=O)O)C(C)(C)C)c1ccc(N)cc1. The Hall–Kier alpha value is -2.04. The number of hydrogen-bond donors (Lipinski definition) is 3. The van der Waals surface area contributed by atoms with E-state index in [0.717, 1.165) is 5.56 Å². The van der Waals surface area contributed by atoms with Gasteiger partial charge in [0.05, 0.1) is 5.41 Å². The molecular weight excluding hydrogens is 268 g/mol. The number of anilines is 1. The van der Waals surface area contributed by atoms with Crippen molar-refractivity contribution in [3.8, 4) is 0 Å². The fourth-order valence-electron chi connectivity index (χ4n) is 1.99. The highest BCUT2D eigenvalue weighted by Crippen LogP contribution is 2.26. The third-order valence-electron chi connectivity index (χ3n) is 3.59. The van der Waals surface area contributed by atoms with E-state index in [4.69, 9.17) is 5.73 Å². The first-order valence-corrected chi connectivity index (χ1v) is 6.86. The maximum atomic E-state index is 12.5. The summed E-state index contributed by atoms with van der Waals surface area (Å²) in [6, 6.07) is 6.06. The minimum Gasteiger partial charge on any atom is -0.480 e. The fraction of sp³-hybridized carbons (Fsp3) is 0.500. The summed E-state index contributed by atoms with van der Waals surface area (Å²) in [5.74, 6) is -1.36. The first-order chi connectivity index (χ1) is 9.46. The Kier molecular flexibility index (Phi) is 4.66. The third-order valence-corrected chi connectivity index (χ3v) is 3.59. The first-order valence-electron chi connectivity index (χ1n) is 6.86. The van der Waals surface area contributed by atoms with Gasteiger partial charge in [0.25, 0.3) is 0 Å². The quantitative estimate of drug-likeness (QED) is 0.741. The lowest BCUT2D eigenvalue weighted by atomic mass is 9.81. The van der Waals surface area contributed by atoms with E-state index in [1.165, 1.54) is 0 Å².